The number of hydrogen-bond donors (Lipinski definition) is 1. The molecule has 0 unspecified atom stereocenters. The van der Waals surface area contributed by atoms with Gasteiger partial charge in [-0.25, -0.2) is 8.78 Å². The fourth-order valence-electron chi connectivity index (χ4n) is 0.849. The second kappa shape index (κ2) is 4.50. The highest BCUT2D eigenvalue weighted by molar-refractivity contribution is 6.30. The van der Waals surface area contributed by atoms with Gasteiger partial charge < -0.3 is 4.84 Å². The Bertz CT molecular complexity index is 306. The van der Waals surface area contributed by atoms with Gasteiger partial charge in [-0.15, -0.1) is 0 Å². The summed E-state index contributed by atoms with van der Waals surface area (Å²) in [7, 11) is 1.41. The topological polar surface area (TPSA) is 21.3 Å². The summed E-state index contributed by atoms with van der Waals surface area (Å²) in [6.07, 6.45) is 0. The molecule has 0 atom stereocenters. The molecule has 72 valence electrons. The van der Waals surface area contributed by atoms with Gasteiger partial charge in [0.1, 0.15) is 11.6 Å². The molecule has 0 saturated heterocycles. The minimum absolute atomic E-state index is 0.102. The smallest absolute Gasteiger partial charge is 0.144 e. The predicted octanol–water partition coefficient (Wildman–Crippen LogP) is 2.27. The number of hydroxylamine groups is 1. The largest absolute Gasteiger partial charge is 0.305 e. The molecule has 1 aromatic carbocycles. The first kappa shape index (κ1) is 10.4. The Morgan fingerprint density at radius 1 is 1.38 bits per heavy atom. The number of nitrogens with one attached hydrogen (secondary N) is 1. The summed E-state index contributed by atoms with van der Waals surface area (Å²) < 4.78 is 25.6. The minimum atomic E-state index is -0.764. The molecule has 0 aliphatic heterocycles. The first-order valence-electron chi connectivity index (χ1n) is 3.54. The van der Waals surface area contributed by atoms with E-state index in [0.717, 1.165) is 6.07 Å². The van der Waals surface area contributed by atoms with Crippen molar-refractivity contribution in [3.8, 4) is 0 Å². The molecule has 0 heterocycles. The van der Waals surface area contributed by atoms with E-state index in [1.54, 1.807) is 0 Å². The maximum absolute atomic E-state index is 13.0. The molecule has 0 saturated carbocycles. The predicted molar refractivity (Wildman–Crippen MR) is 45.2 cm³/mol. The normalized spacial score (nSPS) is 10.5. The molecule has 1 rings (SSSR count). The van der Waals surface area contributed by atoms with Crippen molar-refractivity contribution >= 4 is 11.6 Å². The Kier molecular flexibility index (Phi) is 3.59. The number of hydrogen-bond acceptors (Lipinski definition) is 2. The van der Waals surface area contributed by atoms with Crippen LogP contribution in [0.3, 0.4) is 0 Å². The van der Waals surface area contributed by atoms with Crippen LogP contribution in [0.1, 0.15) is 5.56 Å². The van der Waals surface area contributed by atoms with Crippen molar-refractivity contribution in [3.05, 3.63) is 34.4 Å². The third-order valence-corrected chi connectivity index (χ3v) is 1.79. The van der Waals surface area contributed by atoms with Crippen molar-refractivity contribution in [2.24, 2.45) is 0 Å². The third-order valence-electron chi connectivity index (χ3n) is 1.50. The van der Waals surface area contributed by atoms with Crippen LogP contribution in [0.2, 0.25) is 5.02 Å². The van der Waals surface area contributed by atoms with Crippen molar-refractivity contribution in [1.82, 2.24) is 5.48 Å². The van der Waals surface area contributed by atoms with Crippen molar-refractivity contribution < 1.29 is 13.6 Å². The molecule has 0 spiro atoms. The van der Waals surface area contributed by atoms with Crippen molar-refractivity contribution in [2.75, 3.05) is 7.11 Å². The van der Waals surface area contributed by atoms with Crippen LogP contribution in [-0.2, 0) is 11.4 Å². The van der Waals surface area contributed by atoms with Gasteiger partial charge in [-0.2, -0.15) is 5.48 Å². The van der Waals surface area contributed by atoms with Gasteiger partial charge in [0, 0.05) is 18.2 Å². The summed E-state index contributed by atoms with van der Waals surface area (Å²) in [5, 5.41) is -0.102. The van der Waals surface area contributed by atoms with Gasteiger partial charge in [-0.05, 0) is 6.07 Å². The van der Waals surface area contributed by atoms with E-state index in [-0.39, 0.29) is 17.1 Å². The fourth-order valence-corrected chi connectivity index (χ4v) is 1.04. The number of rotatable bonds is 3. The van der Waals surface area contributed by atoms with Gasteiger partial charge in [0.15, 0.2) is 0 Å². The SMILES string of the molecule is CONCc1cc(Cl)c(F)cc1F. The van der Waals surface area contributed by atoms with Crippen LogP contribution in [0.25, 0.3) is 0 Å². The van der Waals surface area contributed by atoms with E-state index in [4.69, 9.17) is 11.6 Å². The zero-order valence-electron chi connectivity index (χ0n) is 6.90. The molecule has 0 aromatic heterocycles. The van der Waals surface area contributed by atoms with Crippen molar-refractivity contribution in [2.45, 2.75) is 6.54 Å². The van der Waals surface area contributed by atoms with E-state index >= 15 is 0 Å². The first-order chi connectivity index (χ1) is 6.15. The van der Waals surface area contributed by atoms with Gasteiger partial charge in [0.2, 0.25) is 0 Å². The first-order valence-corrected chi connectivity index (χ1v) is 3.92. The average molecular weight is 208 g/mol. The van der Waals surface area contributed by atoms with Gasteiger partial charge in [-0.1, -0.05) is 11.6 Å². The lowest BCUT2D eigenvalue weighted by atomic mass is 10.2. The van der Waals surface area contributed by atoms with Crippen LogP contribution < -0.4 is 5.48 Å². The molecular weight excluding hydrogens is 200 g/mol. The lowest BCUT2D eigenvalue weighted by Crippen LogP contribution is -2.12. The summed E-state index contributed by atoms with van der Waals surface area (Å²) in [5.74, 6) is -1.41. The standard InChI is InChI=1S/C8H8ClF2NO/c1-13-12-4-5-2-6(9)8(11)3-7(5)10/h2-3,12H,4H2,1H3. The van der Waals surface area contributed by atoms with Crippen LogP contribution in [0, 0.1) is 11.6 Å². The van der Waals surface area contributed by atoms with Crippen LogP contribution in [0.5, 0.6) is 0 Å². The van der Waals surface area contributed by atoms with E-state index in [0.29, 0.717) is 0 Å². The zero-order valence-corrected chi connectivity index (χ0v) is 7.66. The Balaban J connectivity index is 2.88. The highest BCUT2D eigenvalue weighted by atomic mass is 35.5. The second-order valence-electron chi connectivity index (χ2n) is 2.38. The summed E-state index contributed by atoms with van der Waals surface area (Å²) in [5.41, 5.74) is 2.69. The monoisotopic (exact) mass is 207 g/mol. The Morgan fingerprint density at radius 2 is 2.08 bits per heavy atom. The Labute approximate surface area is 79.4 Å². The summed E-state index contributed by atoms with van der Waals surface area (Å²) in [6, 6.07) is 1.97. The van der Waals surface area contributed by atoms with Gasteiger partial charge in [-0.3, -0.25) is 0 Å². The zero-order chi connectivity index (χ0) is 9.84. The quantitative estimate of drug-likeness (QED) is 0.607. The van der Waals surface area contributed by atoms with Crippen LogP contribution in [0.4, 0.5) is 8.78 Å². The molecule has 1 N–H and O–H groups in total. The molecule has 0 fully saturated rings. The molecule has 2 nitrogen and oxygen atoms in total. The van der Waals surface area contributed by atoms with Crippen LogP contribution in [0.15, 0.2) is 12.1 Å². The van der Waals surface area contributed by atoms with Gasteiger partial charge in [0.05, 0.1) is 12.1 Å². The summed E-state index contributed by atoms with van der Waals surface area (Å²) in [4.78, 5) is 4.52. The van der Waals surface area contributed by atoms with E-state index < -0.39 is 11.6 Å². The molecule has 0 radical (unpaired) electrons. The van der Waals surface area contributed by atoms with Crippen molar-refractivity contribution in [1.29, 1.82) is 0 Å². The lowest BCUT2D eigenvalue weighted by Gasteiger charge is -2.04. The van der Waals surface area contributed by atoms with Gasteiger partial charge in [0.25, 0.3) is 0 Å². The van der Waals surface area contributed by atoms with Crippen molar-refractivity contribution in [3.63, 3.8) is 0 Å². The maximum atomic E-state index is 13.0. The van der Waals surface area contributed by atoms with Crippen LogP contribution >= 0.6 is 11.6 Å². The molecule has 0 aliphatic carbocycles. The highest BCUT2D eigenvalue weighted by Gasteiger charge is 2.07. The fraction of sp³-hybridized carbons (Fsp3) is 0.250. The Hall–Kier alpha value is -0.710. The maximum Gasteiger partial charge on any atom is 0.144 e. The molecule has 1 aromatic rings. The minimum Gasteiger partial charge on any atom is -0.305 e. The van der Waals surface area contributed by atoms with E-state index in [1.807, 2.05) is 0 Å². The van der Waals surface area contributed by atoms with Gasteiger partial charge >= 0.3 is 0 Å². The molecule has 5 heteroatoms. The lowest BCUT2D eigenvalue weighted by molar-refractivity contribution is 0.0859. The molecular formula is C8H8ClF2NO. The summed E-state index contributed by atoms with van der Waals surface area (Å²) >= 11 is 5.45. The average Bonchev–Trinajstić information content (AvgIpc) is 2.09. The van der Waals surface area contributed by atoms with E-state index in [1.165, 1.54) is 13.2 Å². The highest BCUT2D eigenvalue weighted by Crippen LogP contribution is 2.19. The molecule has 13 heavy (non-hydrogen) atoms. The number of halogens is 3. The van der Waals surface area contributed by atoms with Crippen LogP contribution in [-0.4, -0.2) is 7.11 Å². The molecule has 0 bridgehead atoms. The summed E-state index contributed by atoms with van der Waals surface area (Å²) in [6.45, 7) is 0.141. The van der Waals surface area contributed by atoms with E-state index in [9.17, 15) is 8.78 Å². The second-order valence-corrected chi connectivity index (χ2v) is 2.79. The Morgan fingerprint density at radius 3 is 2.69 bits per heavy atom. The van der Waals surface area contributed by atoms with E-state index in [2.05, 4.69) is 10.3 Å². The molecule has 0 aliphatic rings. The molecule has 0 amide bonds. The number of benzene rings is 1. The third kappa shape index (κ3) is 2.62.